The number of likely N-dealkylation sites (tertiary alicyclic amines) is 1. The van der Waals surface area contributed by atoms with Gasteiger partial charge in [0.1, 0.15) is 11.9 Å². The number of aromatic nitrogens is 2. The second-order valence-electron chi connectivity index (χ2n) is 14.3. The number of imidazole rings is 1. The summed E-state index contributed by atoms with van der Waals surface area (Å²) >= 11 is 0. The summed E-state index contributed by atoms with van der Waals surface area (Å²) in [5.74, 6) is 1.30. The number of fused-ring (bicyclic) bond motifs is 1. The number of hydrogen-bond donors (Lipinski definition) is 2. The van der Waals surface area contributed by atoms with E-state index in [4.69, 9.17) is 14.7 Å². The minimum absolute atomic E-state index is 0.0211. The van der Waals surface area contributed by atoms with E-state index >= 15 is 0 Å². The van der Waals surface area contributed by atoms with Gasteiger partial charge < -0.3 is 24.8 Å². The molecule has 49 heavy (non-hydrogen) atoms. The molecule has 7 rings (SSSR count). The first-order valence-corrected chi connectivity index (χ1v) is 17.7. The van der Waals surface area contributed by atoms with Gasteiger partial charge in [0.2, 0.25) is 11.8 Å². The van der Waals surface area contributed by atoms with Crippen LogP contribution in [0, 0.1) is 11.8 Å². The summed E-state index contributed by atoms with van der Waals surface area (Å²) in [4.78, 5) is 55.2. The van der Waals surface area contributed by atoms with Crippen molar-refractivity contribution in [1.29, 1.82) is 0 Å². The predicted octanol–water partition coefficient (Wildman–Crippen LogP) is 6.76. The first-order valence-electron chi connectivity index (χ1n) is 17.7. The SMILES string of the molecule is COC(=O)NC1CC[C@@H]2CC[C@@H](c3ncc(-c4ccc(-c5ccc(C6=CN=C([C@@H]7CCCN7C(=O)[C@@H](C)C(C)C)C6)cc5)cc4)[nH]3)N2C1=O. The molecule has 3 aromatic rings. The number of carbonyl (C=O) groups excluding carboxylic acids is 3. The molecule has 2 aromatic carbocycles. The number of rotatable bonds is 8. The van der Waals surface area contributed by atoms with Crippen LogP contribution in [0.4, 0.5) is 4.79 Å². The second kappa shape index (κ2) is 13.6. The lowest BCUT2D eigenvalue weighted by Gasteiger charge is -2.37. The maximum atomic E-state index is 13.3. The molecule has 0 spiro atoms. The molecule has 3 fully saturated rings. The molecule has 2 N–H and O–H groups in total. The Bertz CT molecular complexity index is 1780. The molecule has 0 radical (unpaired) electrons. The minimum Gasteiger partial charge on any atom is -0.453 e. The third-order valence-corrected chi connectivity index (χ3v) is 11.1. The molecule has 0 aliphatic carbocycles. The molecular formula is C39H46N6O4. The van der Waals surface area contributed by atoms with E-state index in [9.17, 15) is 14.4 Å². The van der Waals surface area contributed by atoms with Crippen molar-refractivity contribution >= 4 is 29.2 Å². The van der Waals surface area contributed by atoms with Crippen molar-refractivity contribution in [1.82, 2.24) is 25.1 Å². The van der Waals surface area contributed by atoms with E-state index in [0.717, 1.165) is 84.6 Å². The molecule has 10 nitrogen and oxygen atoms in total. The van der Waals surface area contributed by atoms with E-state index in [2.05, 4.69) is 77.6 Å². The molecule has 0 bridgehead atoms. The number of aliphatic imine (C=N–C) groups is 1. The average molecular weight is 663 g/mol. The summed E-state index contributed by atoms with van der Waals surface area (Å²) in [6, 6.07) is 16.6. The van der Waals surface area contributed by atoms with Gasteiger partial charge >= 0.3 is 6.09 Å². The van der Waals surface area contributed by atoms with Gasteiger partial charge in [-0.25, -0.2) is 9.78 Å². The predicted molar refractivity (Wildman–Crippen MR) is 189 cm³/mol. The fourth-order valence-corrected chi connectivity index (χ4v) is 7.89. The molecule has 1 aromatic heterocycles. The zero-order chi connectivity index (χ0) is 34.2. The van der Waals surface area contributed by atoms with Crippen LogP contribution in [0.3, 0.4) is 0 Å². The molecule has 5 atom stereocenters. The van der Waals surface area contributed by atoms with Crippen LogP contribution < -0.4 is 5.32 Å². The standard InChI is InChI=1S/C39H46N6O4/c1-23(2)24(3)37(46)44-19-5-6-34(44)32-20-29(21-40-32)27-9-7-25(8-10-27)26-11-13-28(14-12-26)33-22-41-36(42-33)35-18-16-30-15-17-31(38(47)45(30)35)43-39(48)49-4/h7-14,21-24,30-31,34-35H,5-6,15-20H2,1-4H3,(H,41,42)(H,43,48)/t24-,30+,31?,34-,35-/m0/s1. The molecule has 3 amide bonds. The summed E-state index contributed by atoms with van der Waals surface area (Å²) in [5.41, 5.74) is 7.63. The van der Waals surface area contributed by atoms with E-state index in [0.29, 0.717) is 12.3 Å². The van der Waals surface area contributed by atoms with Gasteiger partial charge in [-0.05, 0) is 72.3 Å². The third kappa shape index (κ3) is 6.40. The highest BCUT2D eigenvalue weighted by Crippen LogP contribution is 2.41. The van der Waals surface area contributed by atoms with Crippen molar-refractivity contribution in [3.63, 3.8) is 0 Å². The average Bonchev–Trinajstić information content (AvgIpc) is 3.95. The van der Waals surface area contributed by atoms with E-state index in [1.807, 2.05) is 24.2 Å². The molecule has 256 valence electrons. The maximum Gasteiger partial charge on any atom is 0.407 e. The second-order valence-corrected chi connectivity index (χ2v) is 14.3. The number of benzene rings is 2. The topological polar surface area (TPSA) is 120 Å². The first kappa shape index (κ1) is 32.8. The van der Waals surface area contributed by atoms with E-state index in [-0.39, 0.29) is 35.9 Å². The van der Waals surface area contributed by atoms with Crippen LogP contribution in [0.2, 0.25) is 0 Å². The largest absolute Gasteiger partial charge is 0.453 e. The van der Waals surface area contributed by atoms with Crippen LogP contribution in [0.1, 0.15) is 83.1 Å². The Balaban J connectivity index is 0.979. The molecular weight excluding hydrogens is 616 g/mol. The molecule has 0 saturated carbocycles. The number of carbonyl (C=O) groups is 3. The van der Waals surface area contributed by atoms with Crippen LogP contribution in [-0.2, 0) is 14.3 Å². The highest BCUT2D eigenvalue weighted by molar-refractivity contribution is 6.03. The van der Waals surface area contributed by atoms with Crippen LogP contribution >= 0.6 is 0 Å². The molecule has 4 aliphatic heterocycles. The van der Waals surface area contributed by atoms with Crippen LogP contribution in [0.5, 0.6) is 0 Å². The zero-order valence-electron chi connectivity index (χ0n) is 28.8. The maximum absolute atomic E-state index is 13.3. The summed E-state index contributed by atoms with van der Waals surface area (Å²) in [7, 11) is 1.31. The number of nitrogens with one attached hydrogen (secondary N) is 2. The fourth-order valence-electron chi connectivity index (χ4n) is 7.89. The Kier molecular flexibility index (Phi) is 9.13. The molecule has 5 heterocycles. The number of methoxy groups -OCH3 is 1. The quantitative estimate of drug-likeness (QED) is 0.276. The van der Waals surface area contributed by atoms with Crippen LogP contribution in [-0.4, -0.2) is 75.2 Å². The number of piperidine rings is 1. The Morgan fingerprint density at radius 3 is 2.27 bits per heavy atom. The van der Waals surface area contributed by atoms with Crippen molar-refractivity contribution in [3.8, 4) is 22.4 Å². The minimum atomic E-state index is -0.584. The Morgan fingerprint density at radius 2 is 1.57 bits per heavy atom. The number of allylic oxidation sites excluding steroid dienone is 1. The molecule has 4 aliphatic rings. The van der Waals surface area contributed by atoms with Gasteiger partial charge in [-0.3, -0.25) is 14.6 Å². The monoisotopic (exact) mass is 662 g/mol. The number of hydrogen-bond acceptors (Lipinski definition) is 6. The van der Waals surface area contributed by atoms with Crippen molar-refractivity contribution in [2.75, 3.05) is 13.7 Å². The van der Waals surface area contributed by atoms with Gasteiger partial charge in [-0.15, -0.1) is 0 Å². The Hall–Kier alpha value is -4.73. The number of nitrogens with zero attached hydrogens (tertiary/aromatic N) is 4. The van der Waals surface area contributed by atoms with E-state index < -0.39 is 12.1 Å². The van der Waals surface area contributed by atoms with Gasteiger partial charge in [-0.1, -0.05) is 69.3 Å². The van der Waals surface area contributed by atoms with Gasteiger partial charge in [0.05, 0.1) is 31.1 Å². The number of alkyl carbamates (subject to hydrolysis) is 1. The van der Waals surface area contributed by atoms with Gasteiger partial charge in [0, 0.05) is 36.8 Å². The lowest BCUT2D eigenvalue weighted by Crippen LogP contribution is -2.54. The fraction of sp³-hybridized carbons (Fsp3) is 0.462. The lowest BCUT2D eigenvalue weighted by atomic mass is 9.94. The van der Waals surface area contributed by atoms with Crippen molar-refractivity contribution in [2.24, 2.45) is 16.8 Å². The molecule has 10 heteroatoms. The first-order chi connectivity index (χ1) is 23.7. The van der Waals surface area contributed by atoms with E-state index in [1.165, 1.54) is 12.7 Å². The number of H-pyrrole nitrogens is 1. The summed E-state index contributed by atoms with van der Waals surface area (Å²) in [6.07, 6.45) is 9.26. The Morgan fingerprint density at radius 1 is 0.898 bits per heavy atom. The van der Waals surface area contributed by atoms with Crippen molar-refractivity contribution < 1.29 is 19.1 Å². The van der Waals surface area contributed by atoms with E-state index in [1.54, 1.807) is 0 Å². The van der Waals surface area contributed by atoms with Crippen LogP contribution in [0.25, 0.3) is 28.0 Å². The summed E-state index contributed by atoms with van der Waals surface area (Å²) in [5, 5.41) is 2.69. The highest BCUT2D eigenvalue weighted by Gasteiger charge is 2.45. The highest BCUT2D eigenvalue weighted by atomic mass is 16.5. The number of amides is 3. The lowest BCUT2D eigenvalue weighted by molar-refractivity contribution is -0.139. The normalized spacial score (nSPS) is 24.1. The van der Waals surface area contributed by atoms with Crippen LogP contribution in [0.15, 0.2) is 65.9 Å². The number of ether oxygens (including phenoxy) is 1. The van der Waals surface area contributed by atoms with Gasteiger partial charge in [-0.2, -0.15) is 0 Å². The Labute approximate surface area is 288 Å². The smallest absolute Gasteiger partial charge is 0.407 e. The zero-order valence-corrected chi connectivity index (χ0v) is 28.8. The van der Waals surface area contributed by atoms with Crippen molar-refractivity contribution in [3.05, 3.63) is 72.3 Å². The van der Waals surface area contributed by atoms with Crippen molar-refractivity contribution in [2.45, 2.75) is 89.9 Å². The molecule has 1 unspecified atom stereocenters. The third-order valence-electron chi connectivity index (χ3n) is 11.1. The summed E-state index contributed by atoms with van der Waals surface area (Å²) in [6.45, 7) is 7.09. The molecule has 3 saturated heterocycles. The number of aromatic amines is 1. The van der Waals surface area contributed by atoms with Gasteiger partial charge in [0.25, 0.3) is 0 Å². The summed E-state index contributed by atoms with van der Waals surface area (Å²) < 4.78 is 4.72. The van der Waals surface area contributed by atoms with Gasteiger partial charge in [0.15, 0.2) is 0 Å².